The fourth-order valence-electron chi connectivity index (χ4n) is 9.48. The van der Waals surface area contributed by atoms with E-state index >= 15 is 0 Å². The largest absolute Gasteiger partial charge is 0.496 e. The van der Waals surface area contributed by atoms with Gasteiger partial charge in [-0.1, -0.05) is 12.1 Å². The number of pyridine rings is 2. The molecule has 2 saturated heterocycles. The minimum Gasteiger partial charge on any atom is -0.496 e. The first kappa shape index (κ1) is 68.6. The summed E-state index contributed by atoms with van der Waals surface area (Å²) in [4.78, 5) is 100. The average molecular weight is 1370 g/mol. The van der Waals surface area contributed by atoms with Gasteiger partial charge < -0.3 is 39.2 Å². The van der Waals surface area contributed by atoms with Crippen molar-refractivity contribution in [3.63, 3.8) is 0 Å². The molecule has 6 aromatic heterocycles. The van der Waals surface area contributed by atoms with Gasteiger partial charge in [-0.05, 0) is 96.0 Å². The number of fused-ring (bicyclic) bond motifs is 2. The molecule has 2 aromatic carbocycles. The number of aliphatic carboxylic acids is 1. The van der Waals surface area contributed by atoms with E-state index in [0.29, 0.717) is 87.9 Å². The number of carbonyl (C=O) groups excluding carboxylic acids is 5. The number of nitrogens with one attached hydrogen (secondary N) is 2. The van der Waals surface area contributed by atoms with Crippen molar-refractivity contribution in [2.24, 2.45) is 0 Å². The highest BCUT2D eigenvalue weighted by molar-refractivity contribution is 9.10. The van der Waals surface area contributed by atoms with Crippen LogP contribution in [0.25, 0.3) is 44.1 Å². The van der Waals surface area contributed by atoms with Crippen molar-refractivity contribution in [1.82, 2.24) is 49.3 Å². The van der Waals surface area contributed by atoms with Gasteiger partial charge in [-0.15, -0.1) is 12.4 Å². The van der Waals surface area contributed by atoms with Crippen LogP contribution in [-0.2, 0) is 61.1 Å². The molecule has 0 saturated carbocycles. The van der Waals surface area contributed by atoms with Crippen molar-refractivity contribution in [3.8, 4) is 33.8 Å². The molecule has 0 aliphatic carbocycles. The van der Waals surface area contributed by atoms with Crippen LogP contribution in [-0.4, -0.2) is 136 Å². The molecule has 0 spiro atoms. The number of hydrogen-bond acceptors (Lipinski definition) is 17. The van der Waals surface area contributed by atoms with Gasteiger partial charge in [0, 0.05) is 141 Å². The predicted octanol–water partition coefficient (Wildman–Crippen LogP) is 9.24. The minimum absolute atomic E-state index is 0. The number of carboxylic acid groups (broad SMARTS) is 1. The Morgan fingerprint density at radius 2 is 1.22 bits per heavy atom. The van der Waals surface area contributed by atoms with Crippen LogP contribution in [0.4, 0.5) is 14.6 Å². The molecule has 4 atom stereocenters. The molecule has 0 unspecified atom stereocenters. The van der Waals surface area contributed by atoms with Gasteiger partial charge in [-0.25, -0.2) is 38.7 Å². The number of hydrogen-bond donors (Lipinski definition) is 3. The maximum Gasteiger partial charge on any atom is 0.323 e. The normalized spacial score (nSPS) is 15.8. The van der Waals surface area contributed by atoms with E-state index in [1.54, 1.807) is 98.1 Å². The summed E-state index contributed by atoms with van der Waals surface area (Å²) < 4.78 is 42.9. The summed E-state index contributed by atoms with van der Waals surface area (Å²) in [6.45, 7) is 6.12. The van der Waals surface area contributed by atoms with E-state index in [2.05, 4.69) is 94.8 Å². The summed E-state index contributed by atoms with van der Waals surface area (Å²) in [5.41, 5.74) is 5.71. The second kappa shape index (κ2) is 31.3. The number of aryl methyl sites for hydroxylation is 2. The lowest BCUT2D eigenvalue weighted by molar-refractivity contribution is -0.137. The molecule has 20 nitrogen and oxygen atoms in total. The van der Waals surface area contributed by atoms with Gasteiger partial charge in [-0.2, -0.15) is 13.5 Å². The number of carboxylic acids is 1. The van der Waals surface area contributed by atoms with E-state index in [1.165, 1.54) is 37.5 Å². The Kier molecular flexibility index (Phi) is 25.3. The number of carbonyl (C=O) groups is 6. The SMILES string of the molecule is COc1cc2c(cc1-c1cnc(C)nc1)c(C(C)=O)cn2CC(=O)N1C[C@H](F)C[C@H]1C(=O)Nc1cccc(Br)n1.COc1cc2c(cc1-c1cnc(C)nc1)c(C(C)=O)cn2CC(=O)O.Cl.O=C(Cc1cccc(Br)n1)[C@@H]1C[C@@H](F)CN1.S.S=S. The first-order chi connectivity index (χ1) is 39.7. The lowest BCUT2D eigenvalue weighted by atomic mass is 10.0. The van der Waals surface area contributed by atoms with Gasteiger partial charge >= 0.3 is 5.97 Å². The third-order valence-electron chi connectivity index (χ3n) is 13.4. The number of ether oxygens (including phenoxy) is 2. The number of rotatable bonds is 15. The number of amides is 2. The van der Waals surface area contributed by atoms with Crippen molar-refractivity contribution in [3.05, 3.63) is 136 Å². The summed E-state index contributed by atoms with van der Waals surface area (Å²) in [5.74, 6) is 0.353. The Bertz CT molecular complexity index is 3740. The van der Waals surface area contributed by atoms with Crippen LogP contribution in [0.15, 0.2) is 107 Å². The highest BCUT2D eigenvalue weighted by atomic mass is 79.9. The van der Waals surface area contributed by atoms with E-state index in [0.717, 1.165) is 11.1 Å². The zero-order valence-electron chi connectivity index (χ0n) is 46.5. The van der Waals surface area contributed by atoms with Crippen LogP contribution in [0.1, 0.15) is 64.7 Å². The molecular weight excluding hydrogens is 1310 g/mol. The van der Waals surface area contributed by atoms with Gasteiger partial charge in [0.2, 0.25) is 11.8 Å². The van der Waals surface area contributed by atoms with E-state index in [9.17, 15) is 37.5 Å². The number of halogens is 5. The molecule has 2 amide bonds. The quantitative estimate of drug-likeness (QED) is 0.0638. The van der Waals surface area contributed by atoms with Gasteiger partial charge in [0.05, 0.1) is 44.3 Å². The lowest BCUT2D eigenvalue weighted by Gasteiger charge is -2.24. The molecule has 2 aliphatic rings. The summed E-state index contributed by atoms with van der Waals surface area (Å²) in [6, 6.07) is 16.2. The van der Waals surface area contributed by atoms with Gasteiger partial charge in [0.1, 0.15) is 69.6 Å². The molecule has 448 valence electrons. The first-order valence-corrected chi connectivity index (χ1v) is 28.4. The Labute approximate surface area is 527 Å². The molecule has 28 heteroatoms. The highest BCUT2D eigenvalue weighted by Gasteiger charge is 2.40. The standard InChI is InChI=1S/C28H26BrFN6O4.C18H17N3O4.C11H12BrFN2O.ClH.S2.H2S/c1-15(37)21-13-35(22-9-24(40-3)19(8-20(21)22)17-10-31-16(2)32-11-17)14-27(38)36-12-18(30)7-23(36)28(39)34-26-6-4-5-25(29)33-26;1-10(22)15-8-21(9-18(23)24)16-5-17(25-3)13(4-14(15)16)12-6-19-11(2)20-7-12;12-11-3-1-2-8(15-11)5-10(16)9-4-7(13)6-14-9;;1-2;/h4-6,8-11,13,18,23H,7,12,14H2,1-3H3,(H,33,34,39);4-8H,9H2,1-3H3,(H,23,24);1-3,7,9,14H,4-6H2;1H;;1H2/t18-,23+;;7-,9+;;;/m1.1.../s1. The molecule has 2 fully saturated rings. The van der Waals surface area contributed by atoms with Crippen LogP contribution in [0.5, 0.6) is 11.5 Å². The number of Topliss-reactive ketones (excluding diaryl/α,β-unsaturated/α-hetero) is 3. The summed E-state index contributed by atoms with van der Waals surface area (Å²) in [6.07, 6.45) is 8.07. The summed E-state index contributed by atoms with van der Waals surface area (Å²) in [5, 5.41) is 15.9. The number of benzene rings is 2. The van der Waals surface area contributed by atoms with Crippen molar-refractivity contribution in [1.29, 1.82) is 0 Å². The first-order valence-electron chi connectivity index (χ1n) is 25.5. The topological polar surface area (TPSA) is 256 Å². The summed E-state index contributed by atoms with van der Waals surface area (Å²) in [7, 11) is 3.06. The maximum absolute atomic E-state index is 14.5. The van der Waals surface area contributed by atoms with Crippen LogP contribution in [0.3, 0.4) is 0 Å². The predicted molar refractivity (Wildman–Crippen MR) is 336 cm³/mol. The Balaban J connectivity index is 0.000000250. The maximum atomic E-state index is 14.5. The second-order valence-corrected chi connectivity index (χ2v) is 20.8. The number of ketones is 3. The number of methoxy groups -OCH3 is 2. The number of anilines is 1. The minimum atomic E-state index is -1.34. The van der Waals surface area contributed by atoms with Crippen LogP contribution < -0.4 is 20.1 Å². The number of likely N-dealkylation sites (tertiary alicyclic amines) is 1. The number of nitrogens with zero attached hydrogens (tertiary/aromatic N) is 9. The van der Waals surface area contributed by atoms with Crippen molar-refractivity contribution >= 4 is 143 Å². The Hall–Kier alpha value is -7.14. The van der Waals surface area contributed by atoms with Crippen LogP contribution >= 0.6 is 57.8 Å². The molecule has 2 aliphatic heterocycles. The monoisotopic (exact) mass is 1370 g/mol. The molecule has 0 radical (unpaired) electrons. The lowest BCUT2D eigenvalue weighted by Crippen LogP contribution is -2.44. The van der Waals surface area contributed by atoms with Crippen LogP contribution in [0, 0.1) is 13.8 Å². The second-order valence-electron chi connectivity index (χ2n) is 19.1. The zero-order valence-corrected chi connectivity index (χ0v) is 53.1. The van der Waals surface area contributed by atoms with Gasteiger partial charge in [0.15, 0.2) is 17.3 Å². The van der Waals surface area contributed by atoms with Crippen molar-refractivity contribution < 1.29 is 52.1 Å². The highest BCUT2D eigenvalue weighted by Crippen LogP contribution is 2.38. The van der Waals surface area contributed by atoms with E-state index in [1.807, 2.05) is 18.2 Å². The van der Waals surface area contributed by atoms with Crippen molar-refractivity contribution in [2.45, 2.75) is 84.5 Å². The van der Waals surface area contributed by atoms with Gasteiger partial charge in [-0.3, -0.25) is 28.8 Å². The van der Waals surface area contributed by atoms with E-state index in [-0.39, 0.29) is 94.7 Å². The molecule has 3 N–H and O–H groups in total. The molecule has 8 aromatic rings. The molecule has 8 heterocycles. The fourth-order valence-corrected chi connectivity index (χ4v) is 10.2. The molecule has 0 bridgehead atoms. The van der Waals surface area contributed by atoms with E-state index in [4.69, 9.17) is 14.6 Å². The Morgan fingerprint density at radius 1 is 0.729 bits per heavy atom. The summed E-state index contributed by atoms with van der Waals surface area (Å²) >= 11 is 13.8. The molecular formula is C57H58Br2ClF2N11O9S3. The van der Waals surface area contributed by atoms with Gasteiger partial charge in [0.25, 0.3) is 0 Å². The third kappa shape index (κ3) is 17.3. The third-order valence-corrected chi connectivity index (χ3v) is 14.3. The van der Waals surface area contributed by atoms with Crippen molar-refractivity contribution in [2.75, 3.05) is 32.6 Å². The smallest absolute Gasteiger partial charge is 0.323 e. The zero-order chi connectivity index (χ0) is 60.2. The van der Waals surface area contributed by atoms with Crippen LogP contribution in [0.2, 0.25) is 0 Å². The Morgan fingerprint density at radius 3 is 1.67 bits per heavy atom. The van der Waals surface area contributed by atoms with E-state index < -0.39 is 36.2 Å². The number of alkyl halides is 2. The average Bonchev–Trinajstić information content (AvgIpc) is 2.03. The molecule has 10 rings (SSSR count). The number of aromatic nitrogens is 8. The molecule has 85 heavy (non-hydrogen) atoms. The fraction of sp³-hybridized carbons (Fsp3) is 0.298.